The Balaban J connectivity index is 1.31. The minimum atomic E-state index is -0.105. The van der Waals surface area contributed by atoms with Crippen molar-refractivity contribution in [2.24, 2.45) is 0 Å². The van der Waals surface area contributed by atoms with E-state index in [1.807, 2.05) is 11.3 Å². The highest BCUT2D eigenvalue weighted by Crippen LogP contribution is 2.52. The number of rotatable bonds is 4. The van der Waals surface area contributed by atoms with Crippen LogP contribution in [0.25, 0.3) is 53.6 Å². The topological polar surface area (TPSA) is 6.48 Å². The molecule has 0 saturated carbocycles. The summed E-state index contributed by atoms with van der Waals surface area (Å²) in [5, 5.41) is 2.63. The number of benzene rings is 8. The van der Waals surface area contributed by atoms with E-state index in [-0.39, 0.29) is 23.1 Å². The molecule has 11 rings (SSSR count). The first-order valence-electron chi connectivity index (χ1n) is 22.9. The lowest BCUT2D eigenvalue weighted by Gasteiger charge is -2.46. The van der Waals surface area contributed by atoms with E-state index in [2.05, 4.69) is 242 Å². The maximum absolute atomic E-state index is 2.67. The van der Waals surface area contributed by atoms with E-state index in [4.69, 9.17) is 0 Å². The highest BCUT2D eigenvalue weighted by atomic mass is 32.1. The van der Waals surface area contributed by atoms with Crippen molar-refractivity contribution in [2.75, 3.05) is 9.71 Å². The zero-order valence-electron chi connectivity index (χ0n) is 38.5. The van der Waals surface area contributed by atoms with Crippen molar-refractivity contribution in [3.05, 3.63) is 187 Å². The van der Waals surface area contributed by atoms with Crippen LogP contribution in [0, 0.1) is 0 Å². The number of hydrogen-bond acceptors (Lipinski definition) is 3. The molecule has 0 atom stereocenters. The second-order valence-electron chi connectivity index (χ2n) is 21.1. The SMILES string of the molecule is CC(C)(C)c1ccc(N2B3c4cc5c(cc4N(c4ccc(C(C)(C)C)cc4-c4ccccc4)c4cc(-c6ccccc6)cc(c43)-c3cc(C(C)(C)C)ccc32)sc2ccccc25)cc1. The summed E-state index contributed by atoms with van der Waals surface area (Å²) >= 11 is 1.90. The van der Waals surface area contributed by atoms with Crippen LogP contribution in [0.1, 0.15) is 79.0 Å². The van der Waals surface area contributed by atoms with Crippen molar-refractivity contribution in [1.29, 1.82) is 0 Å². The Morgan fingerprint density at radius 2 is 0.969 bits per heavy atom. The zero-order chi connectivity index (χ0) is 44.3. The van der Waals surface area contributed by atoms with Gasteiger partial charge in [-0.05, 0) is 127 Å². The van der Waals surface area contributed by atoms with E-state index in [1.165, 1.54) is 110 Å². The van der Waals surface area contributed by atoms with Gasteiger partial charge in [0.25, 0.3) is 0 Å². The second-order valence-corrected chi connectivity index (χ2v) is 22.1. The molecule has 0 saturated heterocycles. The van der Waals surface area contributed by atoms with Gasteiger partial charge in [-0.15, -0.1) is 11.3 Å². The van der Waals surface area contributed by atoms with Gasteiger partial charge in [0.1, 0.15) is 0 Å². The highest BCUT2D eigenvalue weighted by Gasteiger charge is 2.46. The standard InChI is InChI=1S/C60H55BN2S/c1-58(2,3)41-24-28-44(29-25-41)63-52-31-27-43(60(7,8)9)35-47(52)49-32-40(38-18-12-10-13-19-38)33-54-57(49)61(63)50-36-48-45-22-16-17-23-55(45)64-56(48)37-53(50)62(54)51-30-26-42(59(4,5)6)34-46(51)39-20-14-11-15-21-39/h10-37H,1-9H3. The van der Waals surface area contributed by atoms with Crippen LogP contribution in [0.15, 0.2) is 170 Å². The first-order valence-corrected chi connectivity index (χ1v) is 23.7. The minimum absolute atomic E-state index is 0.0277. The van der Waals surface area contributed by atoms with Gasteiger partial charge in [0, 0.05) is 54.0 Å². The lowest BCUT2D eigenvalue weighted by Crippen LogP contribution is -2.61. The van der Waals surface area contributed by atoms with Crippen molar-refractivity contribution in [2.45, 2.75) is 78.6 Å². The van der Waals surface area contributed by atoms with Gasteiger partial charge in [-0.25, -0.2) is 0 Å². The number of thiophene rings is 1. The van der Waals surface area contributed by atoms with Crippen molar-refractivity contribution in [3.8, 4) is 33.4 Å². The van der Waals surface area contributed by atoms with Gasteiger partial charge in [-0.2, -0.15) is 0 Å². The van der Waals surface area contributed by atoms with Gasteiger partial charge in [-0.1, -0.05) is 172 Å². The minimum Gasteiger partial charge on any atom is -0.376 e. The quantitative estimate of drug-likeness (QED) is 0.163. The van der Waals surface area contributed by atoms with Crippen molar-refractivity contribution < 1.29 is 0 Å². The molecule has 8 aromatic carbocycles. The Morgan fingerprint density at radius 3 is 1.62 bits per heavy atom. The molecular formula is C60H55BN2S. The van der Waals surface area contributed by atoms with E-state index in [1.54, 1.807) is 0 Å². The first kappa shape index (κ1) is 40.4. The van der Waals surface area contributed by atoms with E-state index in [0.717, 1.165) is 0 Å². The number of hydrogen-bond donors (Lipinski definition) is 0. The molecule has 64 heavy (non-hydrogen) atoms. The lowest BCUT2D eigenvalue weighted by atomic mass is 9.43. The highest BCUT2D eigenvalue weighted by molar-refractivity contribution is 7.26. The summed E-state index contributed by atoms with van der Waals surface area (Å²) in [6.45, 7) is 20.8. The molecule has 9 aromatic rings. The summed E-state index contributed by atoms with van der Waals surface area (Å²) in [6, 6.07) is 65.0. The molecule has 0 amide bonds. The van der Waals surface area contributed by atoms with Crippen LogP contribution in [0.4, 0.5) is 28.4 Å². The van der Waals surface area contributed by atoms with Crippen LogP contribution in [0.3, 0.4) is 0 Å². The molecule has 0 aliphatic carbocycles. The third-order valence-electron chi connectivity index (χ3n) is 13.7. The van der Waals surface area contributed by atoms with E-state index < -0.39 is 0 Å². The Hall–Kier alpha value is -6.36. The molecule has 3 heterocycles. The second kappa shape index (κ2) is 14.6. The fourth-order valence-corrected chi connectivity index (χ4v) is 11.3. The lowest BCUT2D eigenvalue weighted by molar-refractivity contribution is 0.590. The van der Waals surface area contributed by atoms with Crippen LogP contribution >= 0.6 is 11.3 Å². The van der Waals surface area contributed by atoms with Crippen LogP contribution in [0.5, 0.6) is 0 Å². The smallest absolute Gasteiger partial charge is 0.333 e. The van der Waals surface area contributed by atoms with Gasteiger partial charge < -0.3 is 9.71 Å². The molecule has 0 spiro atoms. The average molecular weight is 847 g/mol. The zero-order valence-corrected chi connectivity index (χ0v) is 39.4. The summed E-state index contributed by atoms with van der Waals surface area (Å²) in [7, 11) is 0. The molecular weight excluding hydrogens is 792 g/mol. The van der Waals surface area contributed by atoms with Gasteiger partial charge in [0.2, 0.25) is 0 Å². The molecule has 0 N–H and O–H groups in total. The number of fused-ring (bicyclic) bond motifs is 7. The summed E-state index contributed by atoms with van der Waals surface area (Å²) in [5.74, 6) is 0. The summed E-state index contributed by atoms with van der Waals surface area (Å²) in [5.41, 5.74) is 20.1. The molecule has 4 heteroatoms. The van der Waals surface area contributed by atoms with Crippen molar-refractivity contribution in [1.82, 2.24) is 0 Å². The van der Waals surface area contributed by atoms with Gasteiger partial charge in [-0.3, -0.25) is 0 Å². The van der Waals surface area contributed by atoms with E-state index in [9.17, 15) is 0 Å². The molecule has 0 unspecified atom stereocenters. The van der Waals surface area contributed by atoms with Gasteiger partial charge in [0.05, 0.1) is 5.69 Å². The van der Waals surface area contributed by atoms with Gasteiger partial charge >= 0.3 is 6.85 Å². The number of anilines is 5. The molecule has 0 bridgehead atoms. The molecule has 2 nitrogen and oxygen atoms in total. The van der Waals surface area contributed by atoms with E-state index >= 15 is 0 Å². The predicted molar refractivity (Wildman–Crippen MR) is 280 cm³/mol. The third-order valence-corrected chi connectivity index (χ3v) is 14.8. The average Bonchev–Trinajstić information content (AvgIpc) is 3.65. The summed E-state index contributed by atoms with van der Waals surface area (Å²) in [6.07, 6.45) is 0. The summed E-state index contributed by atoms with van der Waals surface area (Å²) in [4.78, 5) is 5.30. The monoisotopic (exact) mass is 846 g/mol. The first-order chi connectivity index (χ1) is 30.6. The van der Waals surface area contributed by atoms with Crippen molar-refractivity contribution >= 4 is 77.7 Å². The fraction of sp³-hybridized carbons (Fsp3) is 0.200. The van der Waals surface area contributed by atoms with Crippen LogP contribution < -0.4 is 20.6 Å². The van der Waals surface area contributed by atoms with Gasteiger partial charge in [0.15, 0.2) is 0 Å². The van der Waals surface area contributed by atoms with Crippen LogP contribution in [-0.4, -0.2) is 6.85 Å². The summed E-state index contributed by atoms with van der Waals surface area (Å²) < 4.78 is 2.61. The molecule has 0 fully saturated rings. The molecule has 0 radical (unpaired) electrons. The molecule has 2 aliphatic heterocycles. The molecule has 2 aliphatic rings. The third kappa shape index (κ3) is 6.60. The van der Waals surface area contributed by atoms with Crippen molar-refractivity contribution in [3.63, 3.8) is 0 Å². The maximum Gasteiger partial charge on any atom is 0.333 e. The van der Waals surface area contributed by atoms with Crippen LogP contribution in [-0.2, 0) is 16.2 Å². The largest absolute Gasteiger partial charge is 0.376 e. The van der Waals surface area contributed by atoms with E-state index in [0.29, 0.717) is 0 Å². The maximum atomic E-state index is 2.67. The fourth-order valence-electron chi connectivity index (χ4n) is 10.2. The number of nitrogens with zero attached hydrogens (tertiary/aromatic N) is 2. The van der Waals surface area contributed by atoms with Crippen LogP contribution in [0.2, 0.25) is 0 Å². The molecule has 1 aromatic heterocycles. The predicted octanol–water partition coefficient (Wildman–Crippen LogP) is 16.0. The Labute approximate surface area is 384 Å². The molecule has 314 valence electrons. The Bertz CT molecular complexity index is 3270. The normalized spacial score (nSPS) is 13.6. The Kier molecular flexibility index (Phi) is 9.21. The Morgan fingerprint density at radius 1 is 0.391 bits per heavy atom.